The first kappa shape index (κ1) is 14.0. The molecule has 3 unspecified atom stereocenters. The Labute approximate surface area is 119 Å². The summed E-state index contributed by atoms with van der Waals surface area (Å²) in [6.45, 7) is 1.41. The van der Waals surface area contributed by atoms with Gasteiger partial charge in [-0.1, -0.05) is 18.1 Å². The van der Waals surface area contributed by atoms with Crippen LogP contribution >= 0.6 is 0 Å². The zero-order valence-electron chi connectivity index (χ0n) is 11.9. The van der Waals surface area contributed by atoms with E-state index in [4.69, 9.17) is 4.74 Å². The molecule has 3 rings (SSSR count). The predicted molar refractivity (Wildman–Crippen MR) is 73.8 cm³/mol. The van der Waals surface area contributed by atoms with Gasteiger partial charge in [-0.05, 0) is 32.1 Å². The second-order valence-corrected chi connectivity index (χ2v) is 5.87. The number of ether oxygens (including phenoxy) is 1. The molecule has 6 nitrogen and oxygen atoms in total. The van der Waals surface area contributed by atoms with Crippen LogP contribution in [0.25, 0.3) is 0 Å². The monoisotopic (exact) mass is 280 g/mol. The van der Waals surface area contributed by atoms with Crippen molar-refractivity contribution in [1.82, 2.24) is 20.3 Å². The minimum absolute atomic E-state index is 0.182. The van der Waals surface area contributed by atoms with Gasteiger partial charge in [-0.15, -0.1) is 5.10 Å². The smallest absolute Gasteiger partial charge is 0.105 e. The Kier molecular flexibility index (Phi) is 4.65. The van der Waals surface area contributed by atoms with Crippen molar-refractivity contribution in [3.63, 3.8) is 0 Å². The van der Waals surface area contributed by atoms with Gasteiger partial charge in [0.15, 0.2) is 0 Å². The summed E-state index contributed by atoms with van der Waals surface area (Å²) in [5, 5.41) is 21.5. The number of hydrogen-bond donors (Lipinski definition) is 2. The van der Waals surface area contributed by atoms with Crippen molar-refractivity contribution < 1.29 is 9.84 Å². The molecule has 20 heavy (non-hydrogen) atoms. The highest BCUT2D eigenvalue weighted by Crippen LogP contribution is 2.23. The quantitative estimate of drug-likeness (QED) is 0.747. The van der Waals surface area contributed by atoms with Crippen LogP contribution in [0.4, 0.5) is 0 Å². The Morgan fingerprint density at radius 1 is 1.20 bits per heavy atom. The average Bonchev–Trinajstić information content (AvgIpc) is 2.89. The number of nitrogens with one attached hydrogen (secondary N) is 1. The molecule has 0 aromatic carbocycles. The van der Waals surface area contributed by atoms with Crippen LogP contribution in [0.15, 0.2) is 6.20 Å². The summed E-state index contributed by atoms with van der Waals surface area (Å²) in [6, 6.07) is 0.266. The van der Waals surface area contributed by atoms with E-state index in [1.54, 1.807) is 6.20 Å². The number of aliphatic hydroxyl groups excluding tert-OH is 1. The molecule has 1 saturated carbocycles. The van der Waals surface area contributed by atoms with Gasteiger partial charge < -0.3 is 9.84 Å². The van der Waals surface area contributed by atoms with Gasteiger partial charge in [-0.2, -0.15) is 0 Å². The molecule has 1 fully saturated rings. The fraction of sp³-hybridized carbons (Fsp3) is 0.857. The summed E-state index contributed by atoms with van der Waals surface area (Å²) in [6.07, 6.45) is 8.90. The Hall–Kier alpha value is -0.980. The van der Waals surface area contributed by atoms with Gasteiger partial charge in [0, 0.05) is 12.6 Å². The van der Waals surface area contributed by atoms with Crippen molar-refractivity contribution in [2.75, 3.05) is 0 Å². The third kappa shape index (κ3) is 3.37. The molecule has 0 radical (unpaired) electrons. The molecule has 0 saturated heterocycles. The van der Waals surface area contributed by atoms with Crippen molar-refractivity contribution in [3.05, 3.63) is 11.9 Å². The first-order valence-electron chi connectivity index (χ1n) is 7.76. The molecule has 2 N–H and O–H groups in total. The second-order valence-electron chi connectivity index (χ2n) is 5.87. The van der Waals surface area contributed by atoms with Crippen LogP contribution in [-0.4, -0.2) is 38.5 Å². The molecule has 0 bridgehead atoms. The molecule has 6 heteroatoms. The maximum absolute atomic E-state index is 10.1. The van der Waals surface area contributed by atoms with E-state index in [0.717, 1.165) is 44.3 Å². The number of rotatable bonds is 0. The zero-order valence-corrected chi connectivity index (χ0v) is 11.9. The highest BCUT2D eigenvalue weighted by Gasteiger charge is 2.27. The maximum Gasteiger partial charge on any atom is 0.105 e. The molecule has 2 heterocycles. The van der Waals surface area contributed by atoms with Crippen LogP contribution in [0.5, 0.6) is 0 Å². The van der Waals surface area contributed by atoms with Crippen molar-refractivity contribution in [2.45, 2.75) is 76.5 Å². The molecular formula is C14H24N4O2. The van der Waals surface area contributed by atoms with E-state index in [-0.39, 0.29) is 12.1 Å². The highest BCUT2D eigenvalue weighted by molar-refractivity contribution is 4.93. The minimum Gasteiger partial charge on any atom is -0.379 e. The van der Waals surface area contributed by atoms with Crippen molar-refractivity contribution in [2.24, 2.45) is 0 Å². The van der Waals surface area contributed by atoms with Crippen molar-refractivity contribution in [1.29, 1.82) is 0 Å². The minimum atomic E-state index is -0.418. The van der Waals surface area contributed by atoms with Crippen LogP contribution in [0, 0.1) is 0 Å². The highest BCUT2D eigenvalue weighted by atomic mass is 16.5. The van der Waals surface area contributed by atoms with Gasteiger partial charge in [0.05, 0.1) is 24.6 Å². The lowest BCUT2D eigenvalue weighted by Crippen LogP contribution is -2.48. The lowest BCUT2D eigenvalue weighted by atomic mass is 9.92. The number of fused-ring (bicyclic) bond motifs is 2. The normalized spacial score (nSPS) is 32.5. The molecule has 3 atom stereocenters. The van der Waals surface area contributed by atoms with E-state index in [0.29, 0.717) is 6.61 Å². The van der Waals surface area contributed by atoms with E-state index < -0.39 is 6.23 Å². The molecule has 0 amide bonds. The fourth-order valence-corrected chi connectivity index (χ4v) is 3.19. The number of aromatic nitrogens is 3. The SMILES string of the molecule is OC1CCCCn2nncc2COC2CCCCC2N1. The molecule has 1 aromatic heterocycles. The van der Waals surface area contributed by atoms with Crippen LogP contribution in [0.1, 0.15) is 50.6 Å². The van der Waals surface area contributed by atoms with E-state index in [1.807, 2.05) is 4.68 Å². The molecule has 112 valence electrons. The third-order valence-electron chi connectivity index (χ3n) is 4.35. The van der Waals surface area contributed by atoms with Crippen LogP contribution < -0.4 is 5.32 Å². The molecule has 1 aromatic rings. The van der Waals surface area contributed by atoms with Crippen LogP contribution in [0.3, 0.4) is 0 Å². The van der Waals surface area contributed by atoms with Gasteiger partial charge >= 0.3 is 0 Å². The van der Waals surface area contributed by atoms with E-state index in [2.05, 4.69) is 15.6 Å². The summed E-state index contributed by atoms with van der Waals surface area (Å²) in [5.41, 5.74) is 1.05. The topological polar surface area (TPSA) is 72.2 Å². The zero-order chi connectivity index (χ0) is 13.8. The summed E-state index contributed by atoms with van der Waals surface area (Å²) < 4.78 is 8.01. The Bertz CT molecular complexity index is 423. The summed E-state index contributed by atoms with van der Waals surface area (Å²) in [4.78, 5) is 0. The maximum atomic E-state index is 10.1. The lowest BCUT2D eigenvalue weighted by Gasteiger charge is -2.34. The van der Waals surface area contributed by atoms with E-state index in [9.17, 15) is 5.11 Å². The third-order valence-corrected chi connectivity index (χ3v) is 4.35. The van der Waals surface area contributed by atoms with Gasteiger partial charge in [0.1, 0.15) is 6.23 Å². The van der Waals surface area contributed by atoms with Gasteiger partial charge in [-0.25, -0.2) is 4.68 Å². The number of aryl methyl sites for hydroxylation is 1. The second kappa shape index (κ2) is 6.65. The Balaban J connectivity index is 1.72. The van der Waals surface area contributed by atoms with E-state index >= 15 is 0 Å². The molecule has 2 aliphatic rings. The van der Waals surface area contributed by atoms with Gasteiger partial charge in [0.25, 0.3) is 0 Å². The summed E-state index contributed by atoms with van der Waals surface area (Å²) >= 11 is 0. The summed E-state index contributed by atoms with van der Waals surface area (Å²) in [5.74, 6) is 0. The fourth-order valence-electron chi connectivity index (χ4n) is 3.19. The van der Waals surface area contributed by atoms with Gasteiger partial charge in [-0.3, -0.25) is 5.32 Å². The average molecular weight is 280 g/mol. The van der Waals surface area contributed by atoms with E-state index in [1.165, 1.54) is 12.8 Å². The molecule has 0 spiro atoms. The number of hydrogen-bond acceptors (Lipinski definition) is 5. The molecule has 1 aliphatic carbocycles. The number of nitrogens with zero attached hydrogens (tertiary/aromatic N) is 3. The van der Waals surface area contributed by atoms with Crippen molar-refractivity contribution >= 4 is 0 Å². The lowest BCUT2D eigenvalue weighted by molar-refractivity contribution is -0.0270. The summed E-state index contributed by atoms with van der Waals surface area (Å²) in [7, 11) is 0. The van der Waals surface area contributed by atoms with Gasteiger partial charge in [0.2, 0.25) is 0 Å². The standard InChI is InChI=1S/C14H24N4O2/c19-14-7-3-4-8-18-11(9-15-17-18)10-20-13-6-2-1-5-12(13)16-14/h9,12-14,16,19H,1-8,10H2. The predicted octanol–water partition coefficient (Wildman–Crippen LogP) is 1.20. The Morgan fingerprint density at radius 3 is 3.00 bits per heavy atom. The van der Waals surface area contributed by atoms with Crippen LogP contribution in [-0.2, 0) is 17.9 Å². The van der Waals surface area contributed by atoms with Crippen LogP contribution in [0.2, 0.25) is 0 Å². The first-order chi connectivity index (χ1) is 9.83. The number of aliphatic hydroxyl groups is 1. The molecular weight excluding hydrogens is 256 g/mol. The van der Waals surface area contributed by atoms with Crippen molar-refractivity contribution in [3.8, 4) is 0 Å². The Morgan fingerprint density at radius 2 is 2.05 bits per heavy atom. The largest absolute Gasteiger partial charge is 0.379 e. The first-order valence-corrected chi connectivity index (χ1v) is 7.76. The molecule has 1 aliphatic heterocycles.